The van der Waals surface area contributed by atoms with E-state index < -0.39 is 5.41 Å². The predicted molar refractivity (Wildman–Crippen MR) is 81.6 cm³/mol. The van der Waals surface area contributed by atoms with Gasteiger partial charge in [0.25, 0.3) is 0 Å². The van der Waals surface area contributed by atoms with Crippen LogP contribution in [-0.2, 0) is 9.59 Å². The Bertz CT molecular complexity index is 523. The smallest absolute Gasteiger partial charge is 0.243 e. The van der Waals surface area contributed by atoms with Gasteiger partial charge in [-0.3, -0.25) is 9.59 Å². The second-order valence-electron chi connectivity index (χ2n) is 7.73. The maximum Gasteiger partial charge on any atom is 0.243 e. The Labute approximate surface area is 132 Å². The molecule has 0 aromatic heterocycles. The van der Waals surface area contributed by atoms with Crippen LogP contribution in [0.3, 0.4) is 0 Å². The van der Waals surface area contributed by atoms with Crippen LogP contribution in [-0.4, -0.2) is 47.8 Å². The molecule has 0 unspecified atom stereocenters. The van der Waals surface area contributed by atoms with Crippen LogP contribution >= 0.6 is 0 Å². The van der Waals surface area contributed by atoms with Crippen LogP contribution in [0.1, 0.15) is 46.0 Å². The summed E-state index contributed by atoms with van der Waals surface area (Å²) < 4.78 is 0. The molecule has 22 heavy (non-hydrogen) atoms. The van der Waals surface area contributed by atoms with Gasteiger partial charge in [-0.15, -0.1) is 0 Å². The fraction of sp³-hybridized carbons (Fsp3) is 0.824. The lowest BCUT2D eigenvalue weighted by Crippen LogP contribution is -2.62. The van der Waals surface area contributed by atoms with Gasteiger partial charge in [0, 0.05) is 37.5 Å². The molecule has 5 nitrogen and oxygen atoms in total. The van der Waals surface area contributed by atoms with E-state index in [1.165, 1.54) is 0 Å². The fourth-order valence-electron chi connectivity index (χ4n) is 4.31. The Morgan fingerprint density at radius 1 is 1.05 bits per heavy atom. The van der Waals surface area contributed by atoms with Crippen molar-refractivity contribution in [2.45, 2.75) is 46.0 Å². The molecule has 0 atom stereocenters. The number of nitriles is 1. The van der Waals surface area contributed by atoms with Gasteiger partial charge in [-0.2, -0.15) is 5.26 Å². The topological polar surface area (TPSA) is 64.4 Å². The first-order valence-electron chi connectivity index (χ1n) is 8.41. The summed E-state index contributed by atoms with van der Waals surface area (Å²) in [6.45, 7) is 6.88. The Hall–Kier alpha value is -1.57. The lowest BCUT2D eigenvalue weighted by Gasteiger charge is -2.49. The minimum absolute atomic E-state index is 0.0340. The van der Waals surface area contributed by atoms with E-state index in [1.54, 1.807) is 0 Å². The third-order valence-electron chi connectivity index (χ3n) is 5.66. The highest BCUT2D eigenvalue weighted by Crippen LogP contribution is 2.45. The second-order valence-corrected chi connectivity index (χ2v) is 7.73. The van der Waals surface area contributed by atoms with Crippen LogP contribution in [0.15, 0.2) is 0 Å². The molecular weight excluding hydrogens is 278 g/mol. The third-order valence-corrected chi connectivity index (χ3v) is 5.66. The number of rotatable bonds is 2. The van der Waals surface area contributed by atoms with Gasteiger partial charge < -0.3 is 9.80 Å². The number of hydrogen-bond acceptors (Lipinski definition) is 3. The molecule has 5 heteroatoms. The van der Waals surface area contributed by atoms with E-state index in [-0.39, 0.29) is 23.1 Å². The predicted octanol–water partition coefficient (Wildman–Crippen LogP) is 1.79. The first-order chi connectivity index (χ1) is 10.4. The van der Waals surface area contributed by atoms with E-state index in [9.17, 15) is 14.9 Å². The van der Waals surface area contributed by atoms with Crippen molar-refractivity contribution in [2.24, 2.45) is 16.7 Å². The van der Waals surface area contributed by atoms with Crippen LogP contribution < -0.4 is 0 Å². The molecule has 2 saturated heterocycles. The lowest BCUT2D eigenvalue weighted by atomic mass is 9.76. The van der Waals surface area contributed by atoms with Crippen molar-refractivity contribution in [3.05, 3.63) is 0 Å². The molecule has 2 aliphatic heterocycles. The molecule has 0 radical (unpaired) electrons. The summed E-state index contributed by atoms with van der Waals surface area (Å²) in [4.78, 5) is 28.6. The van der Waals surface area contributed by atoms with Crippen molar-refractivity contribution in [1.82, 2.24) is 9.80 Å². The Kier molecular flexibility index (Phi) is 3.66. The molecule has 120 valence electrons. The Morgan fingerprint density at radius 3 is 2.18 bits per heavy atom. The van der Waals surface area contributed by atoms with Gasteiger partial charge in [0.1, 0.15) is 5.41 Å². The van der Waals surface area contributed by atoms with Gasteiger partial charge in [-0.1, -0.05) is 26.7 Å². The largest absolute Gasteiger partial charge is 0.342 e. The van der Waals surface area contributed by atoms with Crippen LogP contribution in [0.25, 0.3) is 0 Å². The molecule has 3 fully saturated rings. The molecule has 3 aliphatic rings. The number of nitrogens with zero attached hydrogens (tertiary/aromatic N) is 3. The monoisotopic (exact) mass is 303 g/mol. The maximum atomic E-state index is 12.7. The first kappa shape index (κ1) is 15.3. The quantitative estimate of drug-likeness (QED) is 0.781. The minimum atomic E-state index is -0.756. The minimum Gasteiger partial charge on any atom is -0.342 e. The average molecular weight is 303 g/mol. The van der Waals surface area contributed by atoms with Gasteiger partial charge in [0.2, 0.25) is 11.8 Å². The van der Waals surface area contributed by atoms with Crippen LogP contribution in [0.2, 0.25) is 0 Å². The van der Waals surface area contributed by atoms with Gasteiger partial charge in [-0.05, 0) is 19.3 Å². The third kappa shape index (κ3) is 2.29. The molecule has 0 aromatic carbocycles. The number of amides is 2. The standard InChI is InChI=1S/C17H25N3O2/c1-13(2)14(21)19-8-7-16(10-19)11-20(12-16)15(22)17(9-18)5-3-4-6-17/h13H,3-8,10-12H2,1-2H3. The van der Waals surface area contributed by atoms with E-state index >= 15 is 0 Å². The highest BCUT2D eigenvalue weighted by atomic mass is 16.2. The number of hydrogen-bond donors (Lipinski definition) is 0. The molecule has 3 rings (SSSR count). The van der Waals surface area contributed by atoms with Gasteiger partial charge >= 0.3 is 0 Å². The van der Waals surface area contributed by atoms with Crippen molar-refractivity contribution in [3.63, 3.8) is 0 Å². The van der Waals surface area contributed by atoms with E-state index in [0.717, 1.165) is 45.4 Å². The number of carbonyl (C=O) groups is 2. The maximum absolute atomic E-state index is 12.7. The molecule has 0 N–H and O–H groups in total. The van der Waals surface area contributed by atoms with Crippen LogP contribution in [0.4, 0.5) is 0 Å². The Morgan fingerprint density at radius 2 is 1.64 bits per heavy atom. The molecular formula is C17H25N3O2. The highest BCUT2D eigenvalue weighted by molar-refractivity contribution is 5.86. The zero-order chi connectivity index (χ0) is 16.0. The van der Waals surface area contributed by atoms with E-state index in [2.05, 4.69) is 6.07 Å². The van der Waals surface area contributed by atoms with Crippen molar-refractivity contribution in [2.75, 3.05) is 26.2 Å². The van der Waals surface area contributed by atoms with E-state index in [4.69, 9.17) is 0 Å². The zero-order valence-corrected chi connectivity index (χ0v) is 13.6. The molecule has 2 heterocycles. The molecule has 1 saturated carbocycles. The normalized spacial score (nSPS) is 25.4. The number of likely N-dealkylation sites (tertiary alicyclic amines) is 2. The van der Waals surface area contributed by atoms with Crippen LogP contribution in [0.5, 0.6) is 0 Å². The van der Waals surface area contributed by atoms with Gasteiger partial charge in [-0.25, -0.2) is 0 Å². The van der Waals surface area contributed by atoms with E-state index in [1.807, 2.05) is 23.6 Å². The summed E-state index contributed by atoms with van der Waals surface area (Å²) in [5.74, 6) is 0.283. The molecule has 1 spiro atoms. The average Bonchev–Trinajstić information content (AvgIpc) is 3.11. The van der Waals surface area contributed by atoms with Crippen molar-refractivity contribution < 1.29 is 9.59 Å². The summed E-state index contributed by atoms with van der Waals surface area (Å²) in [5.41, 5.74) is -0.664. The molecule has 1 aliphatic carbocycles. The molecule has 2 amide bonds. The first-order valence-corrected chi connectivity index (χ1v) is 8.41. The highest BCUT2D eigenvalue weighted by Gasteiger charge is 2.54. The lowest BCUT2D eigenvalue weighted by molar-refractivity contribution is -0.151. The van der Waals surface area contributed by atoms with Crippen molar-refractivity contribution >= 4 is 11.8 Å². The zero-order valence-electron chi connectivity index (χ0n) is 13.6. The Balaban J connectivity index is 1.60. The summed E-state index contributed by atoms with van der Waals surface area (Å²) in [6.07, 6.45) is 4.37. The second kappa shape index (κ2) is 5.26. The van der Waals surface area contributed by atoms with Crippen LogP contribution in [0, 0.1) is 28.1 Å². The van der Waals surface area contributed by atoms with Gasteiger partial charge in [0.15, 0.2) is 0 Å². The summed E-state index contributed by atoms with van der Waals surface area (Å²) >= 11 is 0. The van der Waals surface area contributed by atoms with Crippen molar-refractivity contribution in [3.8, 4) is 6.07 Å². The molecule has 0 aromatic rings. The fourth-order valence-corrected chi connectivity index (χ4v) is 4.31. The number of carbonyl (C=O) groups excluding carboxylic acids is 2. The van der Waals surface area contributed by atoms with Crippen molar-refractivity contribution in [1.29, 1.82) is 5.26 Å². The molecule has 0 bridgehead atoms. The summed E-state index contributed by atoms with van der Waals surface area (Å²) in [6, 6.07) is 2.29. The van der Waals surface area contributed by atoms with E-state index in [0.29, 0.717) is 12.8 Å². The summed E-state index contributed by atoms with van der Waals surface area (Å²) in [7, 11) is 0. The summed E-state index contributed by atoms with van der Waals surface area (Å²) in [5, 5.41) is 9.44. The SMILES string of the molecule is CC(C)C(=O)N1CCC2(C1)CN(C(=O)C1(C#N)CCCC1)C2. The van der Waals surface area contributed by atoms with Gasteiger partial charge in [0.05, 0.1) is 6.07 Å².